The van der Waals surface area contributed by atoms with E-state index in [1.807, 2.05) is 0 Å². The third kappa shape index (κ3) is 4.54. The van der Waals surface area contributed by atoms with E-state index >= 15 is 0 Å². The van der Waals surface area contributed by atoms with Crippen LogP contribution in [0.15, 0.2) is 18.2 Å². The Morgan fingerprint density at radius 1 is 0.862 bits per heavy atom. The maximum absolute atomic E-state index is 14.5. The molecule has 0 unspecified atom stereocenters. The van der Waals surface area contributed by atoms with Gasteiger partial charge in [-0.3, -0.25) is 0 Å². The van der Waals surface area contributed by atoms with Crippen LogP contribution in [-0.4, -0.2) is 6.61 Å². The van der Waals surface area contributed by atoms with Crippen molar-refractivity contribution in [2.24, 2.45) is 23.7 Å². The van der Waals surface area contributed by atoms with Crippen molar-refractivity contribution in [2.45, 2.75) is 58.3 Å². The highest BCUT2D eigenvalue weighted by Gasteiger charge is 2.30. The van der Waals surface area contributed by atoms with Gasteiger partial charge in [-0.25, -0.2) is 8.78 Å². The molecule has 0 aliphatic heterocycles. The minimum Gasteiger partial charge on any atom is -0.490 e. The summed E-state index contributed by atoms with van der Waals surface area (Å²) in [5, 5.41) is 0.0242. The Hall–Kier alpha value is -0.980. The van der Waals surface area contributed by atoms with Gasteiger partial charge in [0, 0.05) is 3.57 Å². The third-order valence-corrected chi connectivity index (χ3v) is 7.97. The van der Waals surface area contributed by atoms with Crippen molar-refractivity contribution in [3.8, 4) is 5.75 Å². The van der Waals surface area contributed by atoms with Crippen molar-refractivity contribution in [3.63, 3.8) is 0 Å². The molecular weight excluding hydrogens is 488 g/mol. The molecule has 2 aromatic carbocycles. The first-order valence-electron chi connectivity index (χ1n) is 10.8. The van der Waals surface area contributed by atoms with E-state index in [2.05, 4.69) is 6.92 Å². The average Bonchev–Trinajstić information content (AvgIpc) is 2.73. The van der Waals surface area contributed by atoms with Gasteiger partial charge in [-0.1, -0.05) is 25.8 Å². The van der Waals surface area contributed by atoms with E-state index in [-0.39, 0.29) is 14.7 Å². The van der Waals surface area contributed by atoms with Crippen LogP contribution in [0, 0.1) is 44.7 Å². The van der Waals surface area contributed by atoms with Crippen molar-refractivity contribution in [3.05, 3.63) is 39.2 Å². The Balaban J connectivity index is 1.37. The Morgan fingerprint density at radius 3 is 2.14 bits per heavy atom. The fourth-order valence-electron chi connectivity index (χ4n) is 5.23. The zero-order chi connectivity index (χ0) is 20.5. The Bertz CT molecular complexity index is 868. The first-order chi connectivity index (χ1) is 13.9. The van der Waals surface area contributed by atoms with Crippen molar-refractivity contribution >= 4 is 33.4 Å². The van der Waals surface area contributed by atoms with Crippen LogP contribution in [0.2, 0.25) is 0 Å². The number of hydrogen-bond donors (Lipinski definition) is 0. The standard InChI is InChI=1S/C24H28F3IO/c1-14-2-6-16(7-3-14)17-8-4-15(5-9-17)13-29-20-12-18-10-11-19(28)22(25)21(18)24(27)23(20)26/h10-12,14-17H,2-9,13H2,1H3. The Kier molecular flexibility index (Phi) is 6.62. The van der Waals surface area contributed by atoms with Gasteiger partial charge in [-0.05, 0) is 102 Å². The lowest BCUT2D eigenvalue weighted by atomic mass is 9.69. The molecule has 0 atom stereocenters. The molecule has 4 rings (SSSR count). The first-order valence-corrected chi connectivity index (χ1v) is 11.9. The summed E-state index contributed by atoms with van der Waals surface area (Å²) in [5.74, 6) is -0.143. The molecule has 0 heterocycles. The molecule has 0 aromatic heterocycles. The zero-order valence-electron chi connectivity index (χ0n) is 16.8. The molecule has 1 nitrogen and oxygen atoms in total. The van der Waals surface area contributed by atoms with E-state index in [0.717, 1.165) is 30.6 Å². The molecule has 2 saturated carbocycles. The number of ether oxygens (including phenoxy) is 1. The van der Waals surface area contributed by atoms with Gasteiger partial charge < -0.3 is 4.74 Å². The number of benzene rings is 2. The Morgan fingerprint density at radius 2 is 1.48 bits per heavy atom. The van der Waals surface area contributed by atoms with Crippen LogP contribution >= 0.6 is 22.6 Å². The van der Waals surface area contributed by atoms with Gasteiger partial charge in [0.2, 0.25) is 5.82 Å². The molecule has 0 N–H and O–H groups in total. The monoisotopic (exact) mass is 516 g/mol. The lowest BCUT2D eigenvalue weighted by Crippen LogP contribution is -2.27. The molecule has 158 valence electrons. The second kappa shape index (κ2) is 9.03. The average molecular weight is 516 g/mol. The lowest BCUT2D eigenvalue weighted by Gasteiger charge is -2.37. The van der Waals surface area contributed by atoms with E-state index in [1.165, 1.54) is 44.6 Å². The summed E-state index contributed by atoms with van der Waals surface area (Å²) in [6, 6.07) is 4.58. The van der Waals surface area contributed by atoms with Crippen molar-refractivity contribution < 1.29 is 17.9 Å². The molecule has 2 aromatic rings. The highest BCUT2D eigenvalue weighted by atomic mass is 127. The van der Waals surface area contributed by atoms with Crippen LogP contribution in [0.3, 0.4) is 0 Å². The van der Waals surface area contributed by atoms with Gasteiger partial charge in [0.1, 0.15) is 5.82 Å². The van der Waals surface area contributed by atoms with Crippen molar-refractivity contribution in [1.29, 1.82) is 0 Å². The quantitative estimate of drug-likeness (QED) is 0.376. The maximum atomic E-state index is 14.5. The highest BCUT2D eigenvalue weighted by molar-refractivity contribution is 14.1. The molecule has 0 bridgehead atoms. The third-order valence-electron chi connectivity index (χ3n) is 7.14. The molecule has 0 amide bonds. The fourth-order valence-corrected chi connectivity index (χ4v) is 5.68. The van der Waals surface area contributed by atoms with Crippen molar-refractivity contribution in [2.75, 3.05) is 6.61 Å². The maximum Gasteiger partial charge on any atom is 0.201 e. The topological polar surface area (TPSA) is 9.23 Å². The summed E-state index contributed by atoms with van der Waals surface area (Å²) in [6.07, 6.45) is 10.0. The predicted molar refractivity (Wildman–Crippen MR) is 119 cm³/mol. The van der Waals surface area contributed by atoms with Gasteiger partial charge in [0.25, 0.3) is 0 Å². The number of hydrogen-bond acceptors (Lipinski definition) is 1. The largest absolute Gasteiger partial charge is 0.490 e. The molecular formula is C24H28F3IO. The van der Waals surface area contributed by atoms with Gasteiger partial charge in [-0.2, -0.15) is 4.39 Å². The van der Waals surface area contributed by atoms with E-state index in [0.29, 0.717) is 17.9 Å². The van der Waals surface area contributed by atoms with Crippen LogP contribution in [0.25, 0.3) is 10.8 Å². The van der Waals surface area contributed by atoms with Crippen LogP contribution < -0.4 is 4.74 Å². The van der Waals surface area contributed by atoms with Crippen LogP contribution in [0.5, 0.6) is 5.75 Å². The number of fused-ring (bicyclic) bond motifs is 1. The lowest BCUT2D eigenvalue weighted by molar-refractivity contribution is 0.124. The summed E-state index contributed by atoms with van der Waals surface area (Å²) < 4.78 is 49.1. The predicted octanol–water partition coefficient (Wildman–Crippen LogP) is 7.87. The molecule has 0 saturated heterocycles. The summed E-state index contributed by atoms with van der Waals surface area (Å²) in [4.78, 5) is 0. The fraction of sp³-hybridized carbons (Fsp3) is 0.583. The molecule has 5 heteroatoms. The normalized spacial score (nSPS) is 27.9. The zero-order valence-corrected chi connectivity index (χ0v) is 19.0. The molecule has 2 fully saturated rings. The molecule has 0 radical (unpaired) electrons. The summed E-state index contributed by atoms with van der Waals surface area (Å²) >= 11 is 1.78. The van der Waals surface area contributed by atoms with Crippen LogP contribution in [0.1, 0.15) is 58.3 Å². The number of halogens is 4. The molecule has 2 aliphatic rings. The molecule has 2 aliphatic carbocycles. The van der Waals surface area contributed by atoms with Gasteiger partial charge in [0.05, 0.1) is 12.0 Å². The van der Waals surface area contributed by atoms with E-state index < -0.39 is 17.5 Å². The van der Waals surface area contributed by atoms with E-state index in [1.54, 1.807) is 34.7 Å². The summed E-state index contributed by atoms with van der Waals surface area (Å²) in [7, 11) is 0. The smallest absolute Gasteiger partial charge is 0.201 e. The van der Waals surface area contributed by atoms with E-state index in [9.17, 15) is 13.2 Å². The van der Waals surface area contributed by atoms with Gasteiger partial charge in [-0.15, -0.1) is 0 Å². The minimum atomic E-state index is -1.16. The number of rotatable bonds is 4. The van der Waals surface area contributed by atoms with Crippen molar-refractivity contribution in [1.82, 2.24) is 0 Å². The van der Waals surface area contributed by atoms with E-state index in [4.69, 9.17) is 4.74 Å². The molecule has 0 spiro atoms. The van der Waals surface area contributed by atoms with Gasteiger partial charge in [0.15, 0.2) is 11.6 Å². The molecule has 29 heavy (non-hydrogen) atoms. The van der Waals surface area contributed by atoms with Crippen LogP contribution in [0.4, 0.5) is 13.2 Å². The first kappa shape index (κ1) is 21.3. The SMILES string of the molecule is CC1CCC(C2CCC(COc3cc4ccc(I)c(F)c4c(F)c3F)CC2)CC1. The summed E-state index contributed by atoms with van der Waals surface area (Å²) in [5.41, 5.74) is 0. The van der Waals surface area contributed by atoms with Crippen LogP contribution in [-0.2, 0) is 0 Å². The second-order valence-electron chi connectivity index (χ2n) is 9.07. The van der Waals surface area contributed by atoms with Gasteiger partial charge >= 0.3 is 0 Å². The second-order valence-corrected chi connectivity index (χ2v) is 10.2. The Labute approximate surface area is 184 Å². The highest BCUT2D eigenvalue weighted by Crippen LogP contribution is 2.41. The summed E-state index contributed by atoms with van der Waals surface area (Å²) in [6.45, 7) is 2.75. The minimum absolute atomic E-state index is 0.112.